The second-order valence-corrected chi connectivity index (χ2v) is 5.79. The van der Waals surface area contributed by atoms with Crippen LogP contribution in [0.3, 0.4) is 0 Å². The first-order chi connectivity index (χ1) is 10.6. The van der Waals surface area contributed by atoms with Gasteiger partial charge in [0.2, 0.25) is 0 Å². The molecule has 0 atom stereocenters. The Morgan fingerprint density at radius 1 is 1.36 bits per heavy atom. The smallest absolute Gasteiger partial charge is 0.337 e. The predicted molar refractivity (Wildman–Crippen MR) is 84.4 cm³/mol. The Kier molecular flexibility index (Phi) is 3.64. The van der Waals surface area contributed by atoms with E-state index >= 15 is 0 Å². The van der Waals surface area contributed by atoms with Crippen molar-refractivity contribution in [1.29, 1.82) is 0 Å². The largest absolute Gasteiger partial charge is 0.478 e. The molecule has 22 heavy (non-hydrogen) atoms. The molecule has 0 aliphatic carbocycles. The Hall–Kier alpha value is -2.30. The molecule has 5 heteroatoms. The molecule has 0 saturated carbocycles. The van der Waals surface area contributed by atoms with Crippen LogP contribution in [0.1, 0.15) is 46.2 Å². The van der Waals surface area contributed by atoms with Gasteiger partial charge in [-0.3, -0.25) is 4.79 Å². The fourth-order valence-electron chi connectivity index (χ4n) is 3.35. The van der Waals surface area contributed by atoms with E-state index in [9.17, 15) is 14.7 Å². The minimum Gasteiger partial charge on any atom is -0.478 e. The molecule has 1 aromatic heterocycles. The summed E-state index contributed by atoms with van der Waals surface area (Å²) in [7, 11) is 1.79. The third kappa shape index (κ3) is 2.08. The highest BCUT2D eigenvalue weighted by atomic mass is 16.4. The topological polar surface area (TPSA) is 62.5 Å². The number of hydrogen-bond donors (Lipinski definition) is 1. The molecule has 3 rings (SSSR count). The highest BCUT2D eigenvalue weighted by molar-refractivity contribution is 6.09. The van der Waals surface area contributed by atoms with Gasteiger partial charge >= 0.3 is 5.97 Å². The lowest BCUT2D eigenvalue weighted by Crippen LogP contribution is -2.39. The number of benzene rings is 1. The van der Waals surface area contributed by atoms with E-state index in [0.717, 1.165) is 36.8 Å². The van der Waals surface area contributed by atoms with Gasteiger partial charge < -0.3 is 14.6 Å². The molecule has 116 valence electrons. The van der Waals surface area contributed by atoms with Gasteiger partial charge in [-0.05, 0) is 24.5 Å². The lowest BCUT2D eigenvalue weighted by molar-refractivity contribution is 0.0694. The van der Waals surface area contributed by atoms with E-state index in [1.54, 1.807) is 23.7 Å². The number of unbranched alkanes of at least 4 members (excludes halogenated alkanes) is 1. The molecule has 2 heterocycles. The summed E-state index contributed by atoms with van der Waals surface area (Å²) in [6.45, 7) is 3.58. The van der Waals surface area contributed by atoms with Gasteiger partial charge in [0.25, 0.3) is 5.91 Å². The molecule has 0 spiro atoms. The number of carboxylic acids is 1. The Bertz CT molecular complexity index is 761. The molecule has 5 nitrogen and oxygen atoms in total. The molecule has 0 saturated heterocycles. The van der Waals surface area contributed by atoms with Crippen molar-refractivity contribution in [3.63, 3.8) is 0 Å². The molecule has 1 aromatic carbocycles. The molecular formula is C17H20N2O3. The number of aryl methyl sites for hydroxylation is 1. The fourth-order valence-corrected chi connectivity index (χ4v) is 3.35. The van der Waals surface area contributed by atoms with Gasteiger partial charge in [-0.15, -0.1) is 0 Å². The zero-order valence-electron chi connectivity index (χ0n) is 12.9. The zero-order valence-corrected chi connectivity index (χ0v) is 12.9. The van der Waals surface area contributed by atoms with E-state index in [1.807, 2.05) is 11.0 Å². The first-order valence-corrected chi connectivity index (χ1v) is 7.69. The maximum absolute atomic E-state index is 12.8. The Morgan fingerprint density at radius 3 is 2.82 bits per heavy atom. The van der Waals surface area contributed by atoms with Crippen LogP contribution in [-0.2, 0) is 13.5 Å². The molecule has 0 unspecified atom stereocenters. The van der Waals surface area contributed by atoms with Crippen molar-refractivity contribution in [3.05, 3.63) is 35.0 Å². The highest BCUT2D eigenvalue weighted by Gasteiger charge is 2.30. The van der Waals surface area contributed by atoms with E-state index in [-0.39, 0.29) is 11.5 Å². The number of aromatic carboxylic acids is 1. The average molecular weight is 300 g/mol. The number of amides is 1. The van der Waals surface area contributed by atoms with Crippen molar-refractivity contribution in [2.75, 3.05) is 13.1 Å². The quantitative estimate of drug-likeness (QED) is 0.944. The lowest BCUT2D eigenvalue weighted by atomic mass is 10.0. The van der Waals surface area contributed by atoms with Crippen molar-refractivity contribution in [3.8, 4) is 0 Å². The first-order valence-electron chi connectivity index (χ1n) is 7.69. The van der Waals surface area contributed by atoms with Gasteiger partial charge in [0.1, 0.15) is 5.69 Å². The van der Waals surface area contributed by atoms with Crippen LogP contribution in [0.25, 0.3) is 10.9 Å². The van der Waals surface area contributed by atoms with E-state index in [2.05, 4.69) is 6.92 Å². The van der Waals surface area contributed by atoms with Gasteiger partial charge in [0.05, 0.1) is 11.1 Å². The fraction of sp³-hybridized carbons (Fsp3) is 0.412. The van der Waals surface area contributed by atoms with E-state index in [0.29, 0.717) is 17.8 Å². The maximum Gasteiger partial charge on any atom is 0.337 e. The van der Waals surface area contributed by atoms with Crippen LogP contribution in [0.2, 0.25) is 0 Å². The number of carboxylic acid groups (broad SMARTS) is 1. The summed E-state index contributed by atoms with van der Waals surface area (Å²) in [4.78, 5) is 26.1. The number of hydrogen-bond acceptors (Lipinski definition) is 2. The van der Waals surface area contributed by atoms with Crippen molar-refractivity contribution in [2.24, 2.45) is 7.05 Å². The Balaban J connectivity index is 2.16. The third-order valence-electron chi connectivity index (χ3n) is 4.45. The molecule has 0 radical (unpaired) electrons. The number of carbonyl (C=O) groups is 2. The molecule has 0 fully saturated rings. The number of rotatable bonds is 4. The first kappa shape index (κ1) is 14.6. The van der Waals surface area contributed by atoms with Crippen LogP contribution in [0.4, 0.5) is 0 Å². The predicted octanol–water partition coefficient (Wildman–Crippen LogP) is 2.67. The second-order valence-electron chi connectivity index (χ2n) is 5.79. The molecule has 1 aliphatic rings. The summed E-state index contributed by atoms with van der Waals surface area (Å²) in [5.74, 6) is -0.941. The minimum absolute atomic E-state index is 0.0183. The van der Waals surface area contributed by atoms with Crippen molar-refractivity contribution in [2.45, 2.75) is 26.2 Å². The lowest BCUT2D eigenvalue weighted by Gasteiger charge is -2.27. The number of aromatic nitrogens is 1. The van der Waals surface area contributed by atoms with Crippen LogP contribution >= 0.6 is 0 Å². The molecule has 1 aliphatic heterocycles. The monoisotopic (exact) mass is 300 g/mol. The van der Waals surface area contributed by atoms with Gasteiger partial charge in [-0.25, -0.2) is 4.79 Å². The SMILES string of the molecule is CCCCN1CCc2c(n(C)c3c(C(=O)O)cccc23)C1=O. The molecule has 1 N–H and O–H groups in total. The molecular weight excluding hydrogens is 280 g/mol. The van der Waals surface area contributed by atoms with Crippen molar-refractivity contribution < 1.29 is 14.7 Å². The highest BCUT2D eigenvalue weighted by Crippen LogP contribution is 2.32. The summed E-state index contributed by atoms with van der Waals surface area (Å²) < 4.78 is 1.76. The van der Waals surface area contributed by atoms with Crippen LogP contribution in [-0.4, -0.2) is 39.5 Å². The van der Waals surface area contributed by atoms with E-state index in [1.165, 1.54) is 0 Å². The van der Waals surface area contributed by atoms with Gasteiger partial charge in [-0.2, -0.15) is 0 Å². The van der Waals surface area contributed by atoms with Gasteiger partial charge in [0, 0.05) is 25.5 Å². The Labute approximate surface area is 129 Å². The normalized spacial score (nSPS) is 14.5. The average Bonchev–Trinajstić information content (AvgIpc) is 2.80. The van der Waals surface area contributed by atoms with Crippen molar-refractivity contribution >= 4 is 22.8 Å². The summed E-state index contributed by atoms with van der Waals surface area (Å²) >= 11 is 0. The number of carbonyl (C=O) groups excluding carboxylic acids is 1. The van der Waals surface area contributed by atoms with Gasteiger partial charge in [0.15, 0.2) is 0 Å². The Morgan fingerprint density at radius 2 is 2.14 bits per heavy atom. The zero-order chi connectivity index (χ0) is 15.9. The summed E-state index contributed by atoms with van der Waals surface area (Å²) in [6, 6.07) is 5.25. The third-order valence-corrected chi connectivity index (χ3v) is 4.45. The summed E-state index contributed by atoms with van der Waals surface area (Å²) in [5.41, 5.74) is 2.53. The minimum atomic E-state index is -0.959. The summed E-state index contributed by atoms with van der Waals surface area (Å²) in [6.07, 6.45) is 2.82. The maximum atomic E-state index is 12.8. The number of para-hydroxylation sites is 1. The van der Waals surface area contributed by atoms with E-state index in [4.69, 9.17) is 0 Å². The van der Waals surface area contributed by atoms with Crippen LogP contribution in [0.15, 0.2) is 18.2 Å². The molecule has 2 aromatic rings. The molecule has 1 amide bonds. The molecule has 0 bridgehead atoms. The van der Waals surface area contributed by atoms with Crippen LogP contribution in [0.5, 0.6) is 0 Å². The van der Waals surface area contributed by atoms with Crippen LogP contribution in [0, 0.1) is 0 Å². The second kappa shape index (κ2) is 5.48. The van der Waals surface area contributed by atoms with Crippen LogP contribution < -0.4 is 0 Å². The van der Waals surface area contributed by atoms with Gasteiger partial charge in [-0.1, -0.05) is 25.5 Å². The standard InChI is InChI=1S/C17H20N2O3/c1-3-4-9-19-10-8-12-11-6-5-7-13(17(21)22)14(11)18(2)15(12)16(19)20/h5-7H,3-4,8-10H2,1-2H3,(H,21,22). The summed E-state index contributed by atoms with van der Waals surface area (Å²) in [5, 5.41) is 10.3. The number of fused-ring (bicyclic) bond motifs is 3. The van der Waals surface area contributed by atoms with Crippen molar-refractivity contribution in [1.82, 2.24) is 9.47 Å². The number of nitrogens with zero attached hydrogens (tertiary/aromatic N) is 2. The van der Waals surface area contributed by atoms with E-state index < -0.39 is 5.97 Å².